The van der Waals surface area contributed by atoms with E-state index in [4.69, 9.17) is 5.73 Å². The number of carbonyl (C=O) groups is 2. The van der Waals surface area contributed by atoms with Crippen LogP contribution in [-0.4, -0.2) is 26.7 Å². The van der Waals surface area contributed by atoms with Crippen molar-refractivity contribution in [2.75, 3.05) is 5.32 Å². The molecular weight excluding hydrogens is 456 g/mol. The number of hydrogen-bond acceptors (Lipinski definition) is 6. The van der Waals surface area contributed by atoms with Crippen LogP contribution < -0.4 is 11.1 Å². The summed E-state index contributed by atoms with van der Waals surface area (Å²) >= 11 is 0. The first-order valence-electron chi connectivity index (χ1n) is 11.0. The third-order valence-electron chi connectivity index (χ3n) is 5.53. The van der Waals surface area contributed by atoms with Gasteiger partial charge in [-0.05, 0) is 35.7 Å². The minimum atomic E-state index is -0.726. The Bertz CT molecular complexity index is 1610. The van der Waals surface area contributed by atoms with E-state index in [2.05, 4.69) is 20.6 Å². The van der Waals surface area contributed by atoms with Crippen molar-refractivity contribution in [3.05, 3.63) is 108 Å². The molecule has 0 radical (unpaired) electrons. The number of nitrogens with zero attached hydrogens (tertiary/aromatic N) is 4. The van der Waals surface area contributed by atoms with Gasteiger partial charge in [-0.3, -0.25) is 9.59 Å². The number of benzene rings is 4. The Labute approximate surface area is 205 Å². The van der Waals surface area contributed by atoms with Crippen molar-refractivity contribution >= 4 is 39.8 Å². The smallest absolute Gasteiger partial charge is 0.259 e. The highest BCUT2D eigenvalue weighted by molar-refractivity contribution is 6.11. The number of fused-ring (bicyclic) bond motifs is 1. The average Bonchev–Trinajstić information content (AvgIpc) is 3.33. The maximum absolute atomic E-state index is 13.0. The molecule has 0 aliphatic carbocycles. The van der Waals surface area contributed by atoms with E-state index in [-0.39, 0.29) is 28.4 Å². The van der Waals surface area contributed by atoms with E-state index in [1.54, 1.807) is 60.7 Å². The lowest BCUT2D eigenvalue weighted by Gasteiger charge is -2.11. The van der Waals surface area contributed by atoms with Gasteiger partial charge in [0.1, 0.15) is 11.3 Å². The summed E-state index contributed by atoms with van der Waals surface area (Å²) in [6.45, 7) is 0. The van der Waals surface area contributed by atoms with Crippen LogP contribution in [-0.2, 0) is 0 Å². The highest BCUT2D eigenvalue weighted by Crippen LogP contribution is 2.40. The highest BCUT2D eigenvalue weighted by Gasteiger charge is 2.20. The van der Waals surface area contributed by atoms with Gasteiger partial charge < -0.3 is 16.2 Å². The van der Waals surface area contributed by atoms with Gasteiger partial charge in [0.25, 0.3) is 11.8 Å². The van der Waals surface area contributed by atoms with Crippen LogP contribution in [0.1, 0.15) is 20.7 Å². The number of phenols is 1. The Kier molecular flexibility index (Phi) is 5.94. The third-order valence-corrected chi connectivity index (χ3v) is 5.53. The fourth-order valence-corrected chi connectivity index (χ4v) is 3.78. The van der Waals surface area contributed by atoms with Gasteiger partial charge in [-0.1, -0.05) is 60.7 Å². The summed E-state index contributed by atoms with van der Waals surface area (Å²) in [4.78, 5) is 25.1. The SMILES string of the molecule is NC(=O)c1cnn(-c2ccccc2)c1/N=N/c1c(O)c(C(=O)Nc2ccccc2)cc2ccccc12. The Balaban J connectivity index is 1.63. The number of nitrogens with two attached hydrogens (primary N) is 1. The second-order valence-electron chi connectivity index (χ2n) is 7.86. The van der Waals surface area contributed by atoms with Gasteiger partial charge >= 0.3 is 0 Å². The van der Waals surface area contributed by atoms with E-state index >= 15 is 0 Å². The Morgan fingerprint density at radius 1 is 0.861 bits per heavy atom. The quantitative estimate of drug-likeness (QED) is 0.279. The van der Waals surface area contributed by atoms with Crippen molar-refractivity contribution in [3.8, 4) is 11.4 Å². The molecule has 1 aromatic heterocycles. The zero-order valence-corrected chi connectivity index (χ0v) is 18.9. The molecule has 0 saturated carbocycles. The molecule has 4 aromatic carbocycles. The van der Waals surface area contributed by atoms with Crippen LogP contribution in [0.3, 0.4) is 0 Å². The molecule has 0 saturated heterocycles. The number of aromatic nitrogens is 2. The summed E-state index contributed by atoms with van der Waals surface area (Å²) in [6, 6.07) is 26.7. The molecule has 0 atom stereocenters. The van der Waals surface area contributed by atoms with Crippen LogP contribution in [0, 0.1) is 0 Å². The summed E-state index contributed by atoms with van der Waals surface area (Å²) in [5, 5.41) is 27.9. The molecule has 9 heteroatoms. The van der Waals surface area contributed by atoms with Gasteiger partial charge in [0.2, 0.25) is 0 Å². The second kappa shape index (κ2) is 9.51. The maximum atomic E-state index is 13.0. The van der Waals surface area contributed by atoms with Crippen LogP contribution in [0.2, 0.25) is 0 Å². The summed E-state index contributed by atoms with van der Waals surface area (Å²) in [7, 11) is 0. The van der Waals surface area contributed by atoms with Crippen molar-refractivity contribution in [1.82, 2.24) is 9.78 Å². The lowest BCUT2D eigenvalue weighted by Crippen LogP contribution is -2.12. The first-order chi connectivity index (χ1) is 17.5. The van der Waals surface area contributed by atoms with Crippen LogP contribution in [0.25, 0.3) is 16.5 Å². The predicted molar refractivity (Wildman–Crippen MR) is 136 cm³/mol. The number of aromatic hydroxyl groups is 1. The molecule has 0 bridgehead atoms. The number of para-hydroxylation sites is 2. The number of azo groups is 1. The van der Waals surface area contributed by atoms with Crippen LogP contribution in [0.4, 0.5) is 17.2 Å². The fourth-order valence-electron chi connectivity index (χ4n) is 3.78. The van der Waals surface area contributed by atoms with Crippen molar-refractivity contribution in [1.29, 1.82) is 0 Å². The molecule has 0 spiro atoms. The number of primary amides is 1. The fraction of sp³-hybridized carbons (Fsp3) is 0. The topological polar surface area (TPSA) is 135 Å². The van der Waals surface area contributed by atoms with Crippen molar-refractivity contribution in [3.63, 3.8) is 0 Å². The molecule has 36 heavy (non-hydrogen) atoms. The summed E-state index contributed by atoms with van der Waals surface area (Å²) in [6.07, 6.45) is 1.31. The highest BCUT2D eigenvalue weighted by atomic mass is 16.3. The van der Waals surface area contributed by atoms with Gasteiger partial charge in [0.15, 0.2) is 11.6 Å². The Morgan fingerprint density at radius 3 is 2.25 bits per heavy atom. The zero-order chi connectivity index (χ0) is 25.1. The molecule has 0 aliphatic rings. The number of phenolic OH excluding ortho intramolecular Hbond substituents is 1. The van der Waals surface area contributed by atoms with E-state index in [9.17, 15) is 14.7 Å². The maximum Gasteiger partial charge on any atom is 0.259 e. The number of hydrogen-bond donors (Lipinski definition) is 3. The van der Waals surface area contributed by atoms with E-state index < -0.39 is 11.8 Å². The summed E-state index contributed by atoms with van der Waals surface area (Å²) in [5.74, 6) is -1.49. The monoisotopic (exact) mass is 476 g/mol. The van der Waals surface area contributed by atoms with E-state index in [1.165, 1.54) is 10.9 Å². The zero-order valence-electron chi connectivity index (χ0n) is 18.9. The molecule has 4 N–H and O–H groups in total. The van der Waals surface area contributed by atoms with E-state index in [0.29, 0.717) is 22.1 Å². The lowest BCUT2D eigenvalue weighted by atomic mass is 10.0. The van der Waals surface area contributed by atoms with Crippen LogP contribution in [0.15, 0.2) is 107 Å². The Morgan fingerprint density at radius 2 is 1.53 bits per heavy atom. The standard InChI is InChI=1S/C27H20N6O3/c28-25(35)22-16-29-33(19-12-5-2-6-13-19)26(22)32-31-23-20-14-8-7-9-17(20)15-21(24(23)34)27(36)30-18-10-3-1-4-11-18/h1-16,34H,(H2,28,35)(H,30,36)/b32-31+. The van der Waals surface area contributed by atoms with Crippen molar-refractivity contribution in [2.45, 2.75) is 0 Å². The third kappa shape index (κ3) is 4.28. The second-order valence-corrected chi connectivity index (χ2v) is 7.86. The molecule has 1 heterocycles. The predicted octanol–water partition coefficient (Wildman–Crippen LogP) is 5.50. The van der Waals surface area contributed by atoms with Crippen LogP contribution in [0.5, 0.6) is 5.75 Å². The minimum Gasteiger partial charge on any atom is -0.505 e. The molecule has 9 nitrogen and oxygen atoms in total. The van der Waals surface area contributed by atoms with Gasteiger partial charge in [-0.25, -0.2) is 4.68 Å². The van der Waals surface area contributed by atoms with Gasteiger partial charge in [0, 0.05) is 11.1 Å². The molecule has 0 unspecified atom stereocenters. The first kappa shape index (κ1) is 22.5. The molecular formula is C27H20N6O3. The molecule has 0 fully saturated rings. The average molecular weight is 476 g/mol. The number of rotatable bonds is 6. The van der Waals surface area contributed by atoms with Crippen LogP contribution >= 0.6 is 0 Å². The minimum absolute atomic E-state index is 0.0261. The van der Waals surface area contributed by atoms with Crippen molar-refractivity contribution in [2.24, 2.45) is 16.0 Å². The normalized spacial score (nSPS) is 11.1. The molecule has 2 amide bonds. The largest absolute Gasteiger partial charge is 0.505 e. The molecule has 5 aromatic rings. The number of amides is 2. The van der Waals surface area contributed by atoms with E-state index in [1.807, 2.05) is 30.3 Å². The number of carbonyl (C=O) groups excluding carboxylic acids is 2. The van der Waals surface area contributed by atoms with Gasteiger partial charge in [0.05, 0.1) is 17.4 Å². The van der Waals surface area contributed by atoms with Gasteiger partial charge in [-0.15, -0.1) is 10.2 Å². The first-order valence-corrected chi connectivity index (χ1v) is 11.0. The van der Waals surface area contributed by atoms with Crippen molar-refractivity contribution < 1.29 is 14.7 Å². The summed E-state index contributed by atoms with van der Waals surface area (Å²) in [5.41, 5.74) is 6.92. The Hall–Kier alpha value is -5.31. The number of anilines is 1. The molecule has 5 rings (SSSR count). The van der Waals surface area contributed by atoms with Gasteiger partial charge in [-0.2, -0.15) is 5.10 Å². The molecule has 176 valence electrons. The number of nitrogens with one attached hydrogen (secondary N) is 1. The molecule has 0 aliphatic heterocycles. The lowest BCUT2D eigenvalue weighted by molar-refractivity contribution is 0.0997. The van der Waals surface area contributed by atoms with E-state index in [0.717, 1.165) is 0 Å². The summed E-state index contributed by atoms with van der Waals surface area (Å²) < 4.78 is 1.43.